The Bertz CT molecular complexity index is 1340. The molecular formula is C24H24N4O3S. The normalized spacial score (nSPS) is 14.8. The number of carbonyl (C=O) groups excluding carboxylic acids is 1. The summed E-state index contributed by atoms with van der Waals surface area (Å²) in [5.41, 5.74) is 1.03. The molecule has 0 atom stereocenters. The van der Waals surface area contributed by atoms with Crippen LogP contribution in [0, 0.1) is 5.92 Å². The molecule has 5 rings (SSSR count). The van der Waals surface area contributed by atoms with E-state index in [1.54, 1.807) is 23.6 Å². The molecule has 0 aliphatic carbocycles. The third-order valence-electron chi connectivity index (χ3n) is 6.02. The van der Waals surface area contributed by atoms with Crippen LogP contribution in [0.5, 0.6) is 5.75 Å². The number of H-pyrrole nitrogens is 1. The Morgan fingerprint density at radius 1 is 1.25 bits per heavy atom. The van der Waals surface area contributed by atoms with Gasteiger partial charge in [-0.1, -0.05) is 6.92 Å². The number of nitrogens with zero attached hydrogens (tertiary/aromatic N) is 3. The lowest BCUT2D eigenvalue weighted by molar-refractivity contribution is -0.132. The van der Waals surface area contributed by atoms with E-state index in [1.807, 2.05) is 41.5 Å². The number of aromatic amines is 1. The minimum Gasteiger partial charge on any atom is -0.493 e. The Kier molecular flexibility index (Phi) is 5.61. The van der Waals surface area contributed by atoms with Crippen molar-refractivity contribution >= 4 is 38.2 Å². The Hall–Kier alpha value is -3.26. The number of benzene rings is 1. The van der Waals surface area contributed by atoms with Gasteiger partial charge in [0.1, 0.15) is 11.4 Å². The highest BCUT2D eigenvalue weighted by atomic mass is 32.1. The van der Waals surface area contributed by atoms with E-state index in [4.69, 9.17) is 4.74 Å². The maximum atomic E-state index is 12.8. The maximum Gasteiger partial charge on any atom is 0.259 e. The standard InChI is InChI=1S/C24H24N4O3S/c1-2-22(29)28-8-5-15(6-9-28)14-31-17-3-4-19-18(12-17)24(30)27-23(26-19)20-11-16-7-10-32-21(16)13-25-20/h3-4,7,10-13,15H,2,5-6,8-9,14H2,1H3,(H,26,27,30). The fourth-order valence-corrected chi connectivity index (χ4v) is 4.85. The average Bonchev–Trinajstić information content (AvgIpc) is 3.30. The summed E-state index contributed by atoms with van der Waals surface area (Å²) in [7, 11) is 0. The smallest absolute Gasteiger partial charge is 0.259 e. The largest absolute Gasteiger partial charge is 0.493 e. The van der Waals surface area contributed by atoms with Crippen molar-refractivity contribution in [2.75, 3.05) is 19.7 Å². The predicted molar refractivity (Wildman–Crippen MR) is 126 cm³/mol. The van der Waals surface area contributed by atoms with Crippen molar-refractivity contribution in [3.8, 4) is 17.3 Å². The Balaban J connectivity index is 1.30. The molecule has 7 nitrogen and oxygen atoms in total. The molecule has 1 N–H and O–H groups in total. The van der Waals surface area contributed by atoms with Gasteiger partial charge < -0.3 is 14.6 Å². The minimum absolute atomic E-state index is 0.214. The summed E-state index contributed by atoms with van der Waals surface area (Å²) in [6.45, 7) is 4.05. The second-order valence-electron chi connectivity index (χ2n) is 8.11. The number of likely N-dealkylation sites (tertiary alicyclic amines) is 1. The number of aromatic nitrogens is 3. The van der Waals surface area contributed by atoms with E-state index in [0.717, 1.165) is 36.0 Å². The van der Waals surface area contributed by atoms with Crippen molar-refractivity contribution in [1.82, 2.24) is 19.9 Å². The molecule has 32 heavy (non-hydrogen) atoms. The van der Waals surface area contributed by atoms with Gasteiger partial charge in [0.2, 0.25) is 5.91 Å². The molecule has 1 saturated heterocycles. The fraction of sp³-hybridized carbons (Fsp3) is 0.333. The molecule has 1 aliphatic rings. The highest BCUT2D eigenvalue weighted by Gasteiger charge is 2.22. The van der Waals surface area contributed by atoms with Crippen molar-refractivity contribution in [2.24, 2.45) is 5.92 Å². The van der Waals surface area contributed by atoms with E-state index in [2.05, 4.69) is 15.0 Å². The van der Waals surface area contributed by atoms with Crippen LogP contribution >= 0.6 is 11.3 Å². The summed E-state index contributed by atoms with van der Waals surface area (Å²) < 4.78 is 7.09. The van der Waals surface area contributed by atoms with Crippen LogP contribution in [-0.4, -0.2) is 45.5 Å². The molecular weight excluding hydrogens is 424 g/mol. The van der Waals surface area contributed by atoms with Gasteiger partial charge in [-0.05, 0) is 59.9 Å². The van der Waals surface area contributed by atoms with Gasteiger partial charge in [-0.25, -0.2) is 4.98 Å². The topological polar surface area (TPSA) is 88.2 Å². The van der Waals surface area contributed by atoms with E-state index < -0.39 is 0 Å². The van der Waals surface area contributed by atoms with Gasteiger partial charge in [-0.3, -0.25) is 14.6 Å². The number of hydrogen-bond donors (Lipinski definition) is 1. The zero-order valence-corrected chi connectivity index (χ0v) is 18.7. The number of hydrogen-bond acceptors (Lipinski definition) is 6. The lowest BCUT2D eigenvalue weighted by atomic mass is 9.97. The number of piperidine rings is 1. The van der Waals surface area contributed by atoms with E-state index in [1.165, 1.54) is 0 Å². The third-order valence-corrected chi connectivity index (χ3v) is 6.88. The van der Waals surface area contributed by atoms with Crippen LogP contribution in [0.3, 0.4) is 0 Å². The van der Waals surface area contributed by atoms with Gasteiger partial charge in [0, 0.05) is 25.7 Å². The van der Waals surface area contributed by atoms with Crippen molar-refractivity contribution in [1.29, 1.82) is 0 Å². The molecule has 1 fully saturated rings. The molecule has 0 bridgehead atoms. The van der Waals surface area contributed by atoms with Gasteiger partial charge in [0.05, 0.1) is 22.2 Å². The highest BCUT2D eigenvalue weighted by Crippen LogP contribution is 2.25. The Morgan fingerprint density at radius 2 is 2.09 bits per heavy atom. The SMILES string of the molecule is CCC(=O)N1CCC(COc2ccc3nc(-c4cc5ccsc5cn4)[nH]c(=O)c3c2)CC1. The number of thiophene rings is 1. The summed E-state index contributed by atoms with van der Waals surface area (Å²) in [6.07, 6.45) is 4.24. The van der Waals surface area contributed by atoms with Crippen LogP contribution < -0.4 is 10.3 Å². The molecule has 1 aromatic carbocycles. The van der Waals surface area contributed by atoms with Crippen LogP contribution in [0.2, 0.25) is 0 Å². The predicted octanol–water partition coefficient (Wildman–Crippen LogP) is 4.23. The molecule has 0 spiro atoms. The van der Waals surface area contributed by atoms with Crippen molar-refractivity contribution < 1.29 is 9.53 Å². The first-order valence-electron chi connectivity index (χ1n) is 10.9. The molecule has 1 amide bonds. The number of amides is 1. The van der Waals surface area contributed by atoms with Crippen LogP contribution in [-0.2, 0) is 4.79 Å². The second kappa shape index (κ2) is 8.70. The van der Waals surface area contributed by atoms with Gasteiger partial charge >= 0.3 is 0 Å². The summed E-state index contributed by atoms with van der Waals surface area (Å²) >= 11 is 1.63. The quantitative estimate of drug-likeness (QED) is 0.494. The van der Waals surface area contributed by atoms with Gasteiger partial charge in [0.25, 0.3) is 5.56 Å². The lowest BCUT2D eigenvalue weighted by Gasteiger charge is -2.31. The molecule has 0 radical (unpaired) electrons. The molecule has 3 aromatic heterocycles. The van der Waals surface area contributed by atoms with E-state index in [9.17, 15) is 9.59 Å². The fourth-order valence-electron chi connectivity index (χ4n) is 4.11. The molecule has 1 aliphatic heterocycles. The van der Waals surface area contributed by atoms with Crippen LogP contribution in [0.4, 0.5) is 0 Å². The summed E-state index contributed by atoms with van der Waals surface area (Å²) in [4.78, 5) is 38.4. The van der Waals surface area contributed by atoms with Crippen LogP contribution in [0.15, 0.2) is 46.7 Å². The molecule has 164 valence electrons. The van der Waals surface area contributed by atoms with E-state index in [0.29, 0.717) is 47.1 Å². The Labute approximate surface area is 189 Å². The minimum atomic E-state index is -0.214. The highest BCUT2D eigenvalue weighted by molar-refractivity contribution is 7.17. The summed E-state index contributed by atoms with van der Waals surface area (Å²) in [5.74, 6) is 1.74. The number of nitrogens with one attached hydrogen (secondary N) is 1. The number of carbonyl (C=O) groups is 1. The van der Waals surface area contributed by atoms with Crippen molar-refractivity contribution in [2.45, 2.75) is 26.2 Å². The maximum absolute atomic E-state index is 12.8. The van der Waals surface area contributed by atoms with Gasteiger partial charge in [0.15, 0.2) is 5.82 Å². The third kappa shape index (κ3) is 4.10. The monoisotopic (exact) mass is 448 g/mol. The number of pyridine rings is 1. The van der Waals surface area contributed by atoms with Crippen molar-refractivity contribution in [3.63, 3.8) is 0 Å². The van der Waals surface area contributed by atoms with Crippen molar-refractivity contribution in [3.05, 3.63) is 52.3 Å². The van der Waals surface area contributed by atoms with Crippen LogP contribution in [0.1, 0.15) is 26.2 Å². The van der Waals surface area contributed by atoms with Crippen LogP contribution in [0.25, 0.3) is 32.5 Å². The summed E-state index contributed by atoms with van der Waals surface area (Å²) in [6, 6.07) is 9.38. The molecule has 8 heteroatoms. The molecule has 0 unspecified atom stereocenters. The number of fused-ring (bicyclic) bond motifs is 2. The van der Waals surface area contributed by atoms with Gasteiger partial charge in [-0.15, -0.1) is 11.3 Å². The molecule has 4 aromatic rings. The molecule has 4 heterocycles. The van der Waals surface area contributed by atoms with E-state index >= 15 is 0 Å². The second-order valence-corrected chi connectivity index (χ2v) is 9.06. The average molecular weight is 449 g/mol. The van der Waals surface area contributed by atoms with Gasteiger partial charge in [-0.2, -0.15) is 0 Å². The summed E-state index contributed by atoms with van der Waals surface area (Å²) in [5, 5.41) is 3.59. The number of ether oxygens (including phenoxy) is 1. The first kappa shape index (κ1) is 20.6. The Morgan fingerprint density at radius 3 is 2.91 bits per heavy atom. The zero-order chi connectivity index (χ0) is 22.1. The first-order chi connectivity index (χ1) is 15.6. The van der Waals surface area contributed by atoms with E-state index in [-0.39, 0.29) is 11.5 Å². The molecule has 0 saturated carbocycles. The lowest BCUT2D eigenvalue weighted by Crippen LogP contribution is -2.39. The zero-order valence-electron chi connectivity index (χ0n) is 17.8. The first-order valence-corrected chi connectivity index (χ1v) is 11.8. The number of rotatable bonds is 5.